The highest BCUT2D eigenvalue weighted by atomic mass is 35.5. The fourth-order valence-corrected chi connectivity index (χ4v) is 2.19. The first-order valence-corrected chi connectivity index (χ1v) is 6.22. The average Bonchev–Trinajstić information content (AvgIpc) is 2.81. The Labute approximate surface area is 115 Å². The summed E-state index contributed by atoms with van der Waals surface area (Å²) in [6.07, 6.45) is 1.80. The number of ether oxygens (including phenoxy) is 1. The highest BCUT2D eigenvalue weighted by molar-refractivity contribution is 6.30. The van der Waals surface area contributed by atoms with Gasteiger partial charge in [0, 0.05) is 6.20 Å². The Morgan fingerprint density at radius 2 is 2.00 bits per heavy atom. The van der Waals surface area contributed by atoms with E-state index in [0.717, 1.165) is 22.5 Å². The lowest BCUT2D eigenvalue weighted by Gasteiger charge is -2.08. The van der Waals surface area contributed by atoms with E-state index in [1.54, 1.807) is 19.4 Å². The number of hydrogen-bond acceptors (Lipinski definition) is 3. The number of benzene rings is 1. The Morgan fingerprint density at radius 3 is 2.79 bits per heavy atom. The van der Waals surface area contributed by atoms with Crippen LogP contribution in [0.5, 0.6) is 5.75 Å². The summed E-state index contributed by atoms with van der Waals surface area (Å²) in [5, 5.41) is 8.99. The molecule has 0 aliphatic rings. The minimum absolute atomic E-state index is 0.639. The Kier molecular flexibility index (Phi) is 2.87. The molecule has 0 unspecified atom stereocenters. The first-order chi connectivity index (χ1) is 9.19. The molecule has 3 aromatic rings. The van der Waals surface area contributed by atoms with Crippen LogP contribution in [0, 0.1) is 6.92 Å². The lowest BCUT2D eigenvalue weighted by molar-refractivity contribution is 0.416. The van der Waals surface area contributed by atoms with Crippen LogP contribution in [0.3, 0.4) is 0 Å². The Balaban J connectivity index is 2.27. The van der Waals surface area contributed by atoms with E-state index < -0.39 is 0 Å². The molecule has 5 heteroatoms. The van der Waals surface area contributed by atoms with Crippen LogP contribution in [-0.4, -0.2) is 21.7 Å². The fourth-order valence-electron chi connectivity index (χ4n) is 2.03. The SMILES string of the molecule is COc1cc(C)ccc1-c1nnc2ccc(Cl)cn12. The van der Waals surface area contributed by atoms with Crippen LogP contribution in [0.2, 0.25) is 5.02 Å². The summed E-state index contributed by atoms with van der Waals surface area (Å²) in [7, 11) is 1.65. The predicted octanol–water partition coefficient (Wildman–Crippen LogP) is 3.37. The second-order valence-electron chi connectivity index (χ2n) is 4.30. The fraction of sp³-hybridized carbons (Fsp3) is 0.143. The van der Waals surface area contributed by atoms with Gasteiger partial charge in [0.05, 0.1) is 17.7 Å². The molecule has 0 bridgehead atoms. The van der Waals surface area contributed by atoms with Crippen LogP contribution in [0.4, 0.5) is 0 Å². The molecule has 96 valence electrons. The smallest absolute Gasteiger partial charge is 0.172 e. The van der Waals surface area contributed by atoms with E-state index in [2.05, 4.69) is 10.2 Å². The minimum Gasteiger partial charge on any atom is -0.496 e. The van der Waals surface area contributed by atoms with Gasteiger partial charge in [-0.1, -0.05) is 17.7 Å². The van der Waals surface area contributed by atoms with E-state index in [4.69, 9.17) is 16.3 Å². The van der Waals surface area contributed by atoms with Crippen molar-refractivity contribution in [2.45, 2.75) is 6.92 Å². The predicted molar refractivity (Wildman–Crippen MR) is 74.7 cm³/mol. The Bertz CT molecular complexity index is 752. The molecule has 0 radical (unpaired) electrons. The zero-order chi connectivity index (χ0) is 13.4. The third-order valence-electron chi connectivity index (χ3n) is 2.96. The molecule has 0 amide bonds. The van der Waals surface area contributed by atoms with Gasteiger partial charge in [-0.25, -0.2) is 0 Å². The lowest BCUT2D eigenvalue weighted by Crippen LogP contribution is -1.94. The minimum atomic E-state index is 0.639. The third kappa shape index (κ3) is 2.04. The van der Waals surface area contributed by atoms with Crippen molar-refractivity contribution in [3.63, 3.8) is 0 Å². The van der Waals surface area contributed by atoms with E-state index in [0.29, 0.717) is 10.8 Å². The van der Waals surface area contributed by atoms with Crippen LogP contribution >= 0.6 is 11.6 Å². The van der Waals surface area contributed by atoms with Gasteiger partial charge in [0.1, 0.15) is 5.75 Å². The van der Waals surface area contributed by atoms with Gasteiger partial charge >= 0.3 is 0 Å². The summed E-state index contributed by atoms with van der Waals surface area (Å²) in [6, 6.07) is 9.59. The van der Waals surface area contributed by atoms with Crippen molar-refractivity contribution < 1.29 is 4.74 Å². The highest BCUT2D eigenvalue weighted by Gasteiger charge is 2.13. The van der Waals surface area contributed by atoms with Crippen molar-refractivity contribution in [1.29, 1.82) is 0 Å². The molecule has 0 aliphatic heterocycles. The zero-order valence-electron chi connectivity index (χ0n) is 10.6. The van der Waals surface area contributed by atoms with Crippen molar-refractivity contribution in [1.82, 2.24) is 14.6 Å². The maximum absolute atomic E-state index is 6.03. The average molecular weight is 274 g/mol. The van der Waals surface area contributed by atoms with Gasteiger partial charge in [0.15, 0.2) is 11.5 Å². The van der Waals surface area contributed by atoms with E-state index >= 15 is 0 Å². The maximum atomic E-state index is 6.03. The largest absolute Gasteiger partial charge is 0.496 e. The summed E-state index contributed by atoms with van der Waals surface area (Å²) in [5.41, 5.74) is 2.78. The van der Waals surface area contributed by atoms with E-state index in [-0.39, 0.29) is 0 Å². The second kappa shape index (κ2) is 4.55. The molecular weight excluding hydrogens is 262 g/mol. The van der Waals surface area contributed by atoms with Crippen molar-refractivity contribution in [3.05, 3.63) is 47.1 Å². The first kappa shape index (κ1) is 12.0. The second-order valence-corrected chi connectivity index (χ2v) is 4.74. The number of aromatic nitrogens is 3. The quantitative estimate of drug-likeness (QED) is 0.719. The number of nitrogens with zero attached hydrogens (tertiary/aromatic N) is 3. The molecule has 19 heavy (non-hydrogen) atoms. The number of hydrogen-bond donors (Lipinski definition) is 0. The first-order valence-electron chi connectivity index (χ1n) is 5.84. The molecule has 4 nitrogen and oxygen atoms in total. The number of methoxy groups -OCH3 is 1. The summed E-state index contributed by atoms with van der Waals surface area (Å²) >= 11 is 6.03. The molecule has 2 heterocycles. The van der Waals surface area contributed by atoms with E-state index in [1.165, 1.54) is 0 Å². The van der Waals surface area contributed by atoms with Gasteiger partial charge in [-0.05, 0) is 36.8 Å². The zero-order valence-corrected chi connectivity index (χ0v) is 11.3. The topological polar surface area (TPSA) is 39.4 Å². The monoisotopic (exact) mass is 273 g/mol. The summed E-state index contributed by atoms with van der Waals surface area (Å²) in [4.78, 5) is 0. The van der Waals surface area contributed by atoms with Gasteiger partial charge in [0.2, 0.25) is 0 Å². The van der Waals surface area contributed by atoms with Crippen molar-refractivity contribution >= 4 is 17.2 Å². The van der Waals surface area contributed by atoms with E-state index in [9.17, 15) is 0 Å². The van der Waals surface area contributed by atoms with E-state index in [1.807, 2.05) is 35.6 Å². The van der Waals surface area contributed by atoms with Gasteiger partial charge in [-0.3, -0.25) is 4.40 Å². The van der Waals surface area contributed by atoms with Crippen LogP contribution in [0.15, 0.2) is 36.5 Å². The molecular formula is C14H12ClN3O. The number of halogens is 1. The summed E-state index contributed by atoms with van der Waals surface area (Å²) in [6.45, 7) is 2.02. The summed E-state index contributed by atoms with van der Waals surface area (Å²) < 4.78 is 7.27. The molecule has 0 N–H and O–H groups in total. The Hall–Kier alpha value is -2.07. The van der Waals surface area contributed by atoms with Crippen LogP contribution in [0.25, 0.3) is 17.0 Å². The Morgan fingerprint density at radius 1 is 1.16 bits per heavy atom. The van der Waals surface area contributed by atoms with Crippen LogP contribution < -0.4 is 4.74 Å². The van der Waals surface area contributed by atoms with Gasteiger partial charge < -0.3 is 4.74 Å². The molecule has 0 atom stereocenters. The van der Waals surface area contributed by atoms with Crippen molar-refractivity contribution in [2.75, 3.05) is 7.11 Å². The number of fused-ring (bicyclic) bond motifs is 1. The molecule has 0 spiro atoms. The van der Waals surface area contributed by atoms with Crippen LogP contribution in [0.1, 0.15) is 5.56 Å². The van der Waals surface area contributed by atoms with Gasteiger partial charge in [-0.15, -0.1) is 10.2 Å². The number of pyridine rings is 1. The standard InChI is InChI=1S/C14H12ClN3O/c1-9-3-5-11(12(7-9)19-2)14-17-16-13-6-4-10(15)8-18(13)14/h3-8H,1-2H3. The van der Waals surface area contributed by atoms with Crippen molar-refractivity contribution in [2.24, 2.45) is 0 Å². The molecule has 0 aliphatic carbocycles. The lowest BCUT2D eigenvalue weighted by atomic mass is 10.1. The number of aryl methyl sites for hydroxylation is 1. The van der Waals surface area contributed by atoms with Gasteiger partial charge in [0.25, 0.3) is 0 Å². The highest BCUT2D eigenvalue weighted by Crippen LogP contribution is 2.30. The molecule has 3 rings (SSSR count). The third-order valence-corrected chi connectivity index (χ3v) is 3.19. The molecule has 0 saturated carbocycles. The molecule has 0 saturated heterocycles. The number of rotatable bonds is 2. The molecule has 2 aromatic heterocycles. The van der Waals surface area contributed by atoms with Crippen molar-refractivity contribution in [3.8, 4) is 17.1 Å². The maximum Gasteiger partial charge on any atom is 0.172 e. The van der Waals surface area contributed by atoms with Gasteiger partial charge in [-0.2, -0.15) is 0 Å². The van der Waals surface area contributed by atoms with Crippen LogP contribution in [-0.2, 0) is 0 Å². The summed E-state index contributed by atoms with van der Waals surface area (Å²) in [5.74, 6) is 1.49. The normalized spacial score (nSPS) is 10.9. The molecule has 0 fully saturated rings. The molecule has 1 aromatic carbocycles.